The van der Waals surface area contributed by atoms with E-state index in [1.54, 1.807) is 0 Å². The first-order chi connectivity index (χ1) is 2.00. The van der Waals surface area contributed by atoms with Crippen molar-refractivity contribution in [3.8, 4) is 0 Å². The first-order valence-corrected chi connectivity index (χ1v) is 2.31. The predicted octanol–water partition coefficient (Wildman–Crippen LogP) is -4.05. The maximum Gasteiger partial charge on any atom is -0.0830 e. The molecular formula is H8B5-. The standard InChI is InChI=1S/B5H8/c1-5(2,3)4/h1-4H2/q-1. The fourth-order valence-corrected chi connectivity index (χ4v) is 0. The van der Waals surface area contributed by atoms with E-state index in [-0.39, 0.29) is 5.71 Å². The molecule has 0 N–H and O–H groups in total. The summed E-state index contributed by atoms with van der Waals surface area (Å²) in [5.41, 5.74) is 0. The average molecular weight is 62.1 g/mol. The Balaban J connectivity index is 3.02. The molecule has 0 spiro atoms. The van der Waals surface area contributed by atoms with Crippen molar-refractivity contribution in [1.82, 2.24) is 0 Å². The first kappa shape index (κ1) is 5.32. The molecule has 0 nitrogen and oxygen atoms in total. The minimum absolute atomic E-state index is 0. The van der Waals surface area contributed by atoms with Crippen molar-refractivity contribution in [2.45, 2.75) is 0 Å². The predicted molar refractivity (Wildman–Crippen MR) is 39.9 cm³/mol. The van der Waals surface area contributed by atoms with Crippen molar-refractivity contribution >= 4 is 36.7 Å². The van der Waals surface area contributed by atoms with Crippen molar-refractivity contribution in [3.05, 3.63) is 0 Å². The van der Waals surface area contributed by atoms with Gasteiger partial charge in [-0.15, -0.1) is 5.71 Å². The Hall–Kier alpha value is 0.325. The third-order valence-corrected chi connectivity index (χ3v) is 0. The number of hydrogen-bond acceptors (Lipinski definition) is 0. The van der Waals surface area contributed by atoms with Crippen LogP contribution < -0.4 is 0 Å². The molecule has 0 saturated heterocycles. The molecule has 0 aromatic rings. The fraction of sp³-hybridized carbons (Fsp3) is 0. The lowest BCUT2D eigenvalue weighted by molar-refractivity contribution is 3.76. The summed E-state index contributed by atoms with van der Waals surface area (Å²) in [6.07, 6.45) is 0. The second kappa shape index (κ2) is 1.20. The Kier molecular flexibility index (Phi) is 1.27. The van der Waals surface area contributed by atoms with E-state index in [0.717, 1.165) is 0 Å². The van der Waals surface area contributed by atoms with Gasteiger partial charge in [0.25, 0.3) is 0 Å². The summed E-state index contributed by atoms with van der Waals surface area (Å²) in [7, 11) is 9.00. The second-order valence-electron chi connectivity index (χ2n) is 3.46. The smallest absolute Gasteiger partial charge is 0.0830 e. The zero-order valence-corrected chi connectivity index (χ0v) is 4.58. The van der Waals surface area contributed by atoms with Crippen molar-refractivity contribution in [1.29, 1.82) is 0 Å². The van der Waals surface area contributed by atoms with Gasteiger partial charge in [-0.3, -0.25) is 0 Å². The van der Waals surface area contributed by atoms with Crippen molar-refractivity contribution in [3.63, 3.8) is 0 Å². The molecule has 0 radical (unpaired) electrons. The first-order valence-electron chi connectivity index (χ1n) is 2.31. The van der Waals surface area contributed by atoms with Crippen LogP contribution in [0.15, 0.2) is 0 Å². The normalized spacial score (nSPS) is 11.2. The molecule has 0 amide bonds. The average Bonchev–Trinajstić information content (AvgIpc) is 0.722. The van der Waals surface area contributed by atoms with E-state index in [2.05, 4.69) is 30.9 Å². The van der Waals surface area contributed by atoms with Crippen LogP contribution in [0.5, 0.6) is 0 Å². The number of rotatable bonds is 0. The van der Waals surface area contributed by atoms with Crippen LogP contribution in [-0.4, -0.2) is 36.7 Å². The van der Waals surface area contributed by atoms with Gasteiger partial charge in [0, 0.05) is 0 Å². The summed E-state index contributed by atoms with van der Waals surface area (Å²) in [6, 6.07) is 0. The van der Waals surface area contributed by atoms with Gasteiger partial charge >= 0.3 is 0 Å². The lowest BCUT2D eigenvalue weighted by atomic mass is 8.81. The molecule has 5 heteroatoms. The molecule has 0 bridgehead atoms. The second-order valence-corrected chi connectivity index (χ2v) is 3.46. The topological polar surface area (TPSA) is 0 Å². The van der Waals surface area contributed by atoms with Crippen LogP contribution >= 0.6 is 0 Å². The van der Waals surface area contributed by atoms with Crippen LogP contribution in [0.4, 0.5) is 0 Å². The highest BCUT2D eigenvalue weighted by atomic mass is 12.8. The maximum absolute atomic E-state index is 2.25. The van der Waals surface area contributed by atoms with Gasteiger partial charge in [0.2, 0.25) is 0 Å². The third-order valence-electron chi connectivity index (χ3n) is 0. The van der Waals surface area contributed by atoms with Crippen LogP contribution in [0, 0.1) is 0 Å². The highest BCUT2D eigenvalue weighted by Gasteiger charge is 1.91. The fourth-order valence-electron chi connectivity index (χ4n) is 0. The van der Waals surface area contributed by atoms with E-state index in [1.165, 1.54) is 0 Å². The van der Waals surface area contributed by atoms with E-state index in [9.17, 15) is 0 Å². The maximum atomic E-state index is 2.25. The zero-order chi connectivity index (χ0) is 4.50. The lowest BCUT2D eigenvalue weighted by Crippen LogP contribution is -2.38. The quantitative estimate of drug-likeness (QED) is 0.251. The zero-order valence-electron chi connectivity index (χ0n) is 4.58. The Morgan fingerprint density at radius 2 is 0.800 bits per heavy atom. The molecule has 0 unspecified atom stereocenters. The van der Waals surface area contributed by atoms with Gasteiger partial charge in [0.1, 0.15) is 0 Å². The molecule has 0 heterocycles. The lowest BCUT2D eigenvalue weighted by Gasteiger charge is -2.09. The van der Waals surface area contributed by atoms with Gasteiger partial charge in [0.15, 0.2) is 0 Å². The van der Waals surface area contributed by atoms with Crippen LogP contribution in [0.2, 0.25) is 0 Å². The molecule has 5 heavy (non-hydrogen) atoms. The molecule has 0 aromatic carbocycles. The van der Waals surface area contributed by atoms with Gasteiger partial charge in [-0.25, -0.2) is 0 Å². The van der Waals surface area contributed by atoms with Gasteiger partial charge < -0.3 is 0 Å². The molecule has 0 saturated carbocycles. The van der Waals surface area contributed by atoms with Crippen molar-refractivity contribution < 1.29 is 0 Å². The summed E-state index contributed by atoms with van der Waals surface area (Å²) in [5, 5.41) is 0. The van der Waals surface area contributed by atoms with Crippen LogP contribution in [0.1, 0.15) is 0 Å². The molecule has 0 aliphatic heterocycles. The minimum atomic E-state index is 0. The third kappa shape index (κ3) is 222. The van der Waals surface area contributed by atoms with E-state index < -0.39 is 0 Å². The Morgan fingerprint density at radius 3 is 0.800 bits per heavy atom. The van der Waals surface area contributed by atoms with Crippen LogP contribution in [0.3, 0.4) is 0 Å². The summed E-state index contributed by atoms with van der Waals surface area (Å²) >= 11 is 0. The number of hydrogen-bond donors (Lipinski definition) is 0. The molecule has 0 atom stereocenters. The Labute approximate surface area is 37.6 Å². The molecular weight excluding hydrogens is 54.1 g/mol. The molecule has 0 aromatic heterocycles. The van der Waals surface area contributed by atoms with Crippen molar-refractivity contribution in [2.24, 2.45) is 0 Å². The van der Waals surface area contributed by atoms with Crippen LogP contribution in [0.25, 0.3) is 0 Å². The summed E-state index contributed by atoms with van der Waals surface area (Å²) in [4.78, 5) is 0. The van der Waals surface area contributed by atoms with E-state index in [0.29, 0.717) is 0 Å². The van der Waals surface area contributed by atoms with Crippen molar-refractivity contribution in [2.75, 3.05) is 0 Å². The monoisotopic (exact) mass is 63.1 g/mol. The summed E-state index contributed by atoms with van der Waals surface area (Å²) in [6.45, 7) is 0. The molecule has 0 aliphatic rings. The van der Waals surface area contributed by atoms with E-state index in [1.807, 2.05) is 0 Å². The Bertz CT molecular complexity index is 15.5. The Morgan fingerprint density at radius 1 is 0.800 bits per heavy atom. The minimum Gasteiger partial charge on any atom is -0.106 e. The van der Waals surface area contributed by atoms with Gasteiger partial charge in [-0.2, -0.15) is 0 Å². The van der Waals surface area contributed by atoms with E-state index in [4.69, 9.17) is 0 Å². The molecule has 0 aliphatic carbocycles. The molecule has 0 fully saturated rings. The van der Waals surface area contributed by atoms with E-state index >= 15 is 0 Å². The van der Waals surface area contributed by atoms with Crippen LogP contribution in [-0.2, 0) is 0 Å². The highest BCUT2D eigenvalue weighted by molar-refractivity contribution is 7.76. The van der Waals surface area contributed by atoms with Gasteiger partial charge in [0.05, 0.1) is 0 Å². The van der Waals surface area contributed by atoms with Gasteiger partial charge in [-0.05, 0) is 0 Å². The molecule has 0 rings (SSSR count). The summed E-state index contributed by atoms with van der Waals surface area (Å²) in [5.74, 6) is 0. The largest absolute Gasteiger partial charge is 0.106 e. The van der Waals surface area contributed by atoms with Gasteiger partial charge in [-0.1, -0.05) is 30.9 Å². The highest BCUT2D eigenvalue weighted by Crippen LogP contribution is 1.62. The summed E-state index contributed by atoms with van der Waals surface area (Å²) < 4.78 is 0. The SMILES string of the molecule is B[B-](B)(B)B. The molecule has 24 valence electrons.